The van der Waals surface area contributed by atoms with Crippen LogP contribution >= 0.6 is 0 Å². The molecule has 1 N–H and O–H groups in total. The molecule has 10 heteroatoms. The summed E-state index contributed by atoms with van der Waals surface area (Å²) in [7, 11) is -3.94. The summed E-state index contributed by atoms with van der Waals surface area (Å²) in [6.07, 6.45) is -0.00253. The van der Waals surface area contributed by atoms with Gasteiger partial charge in [-0.1, -0.05) is 37.5 Å². The number of halogens is 1. The van der Waals surface area contributed by atoms with Gasteiger partial charge in [0, 0.05) is 0 Å². The predicted molar refractivity (Wildman–Crippen MR) is 103 cm³/mol. The van der Waals surface area contributed by atoms with Crippen molar-refractivity contribution >= 4 is 15.9 Å². The molecule has 1 amide bonds. The lowest BCUT2D eigenvalue weighted by molar-refractivity contribution is 0.0473. The summed E-state index contributed by atoms with van der Waals surface area (Å²) in [6, 6.07) is 4.38. The number of nitrogens with one attached hydrogen (secondary N) is 1. The van der Waals surface area contributed by atoms with E-state index in [9.17, 15) is 17.6 Å². The molecular formula is C19H26FN3O5S. The lowest BCUT2D eigenvalue weighted by Gasteiger charge is -2.24. The number of alkyl carbamates (subject to hydrolysis) is 1. The Balaban J connectivity index is 2.22. The van der Waals surface area contributed by atoms with E-state index in [2.05, 4.69) is 15.5 Å². The highest BCUT2D eigenvalue weighted by atomic mass is 32.2. The third kappa shape index (κ3) is 6.52. The van der Waals surface area contributed by atoms with Gasteiger partial charge < -0.3 is 14.5 Å². The molecule has 2 aromatic rings. The standard InChI is InChI=1S/C19H26FN3O5S/c1-6-12(2)15(21-17(24)28-19(3,4)5)16-22-23-18(27-16)29(25,26)11-13-7-9-14(20)10-8-13/h7-10,12,15H,6,11H2,1-5H3,(H,21,24). The van der Waals surface area contributed by atoms with E-state index in [-0.39, 0.29) is 11.8 Å². The van der Waals surface area contributed by atoms with Crippen molar-refractivity contribution in [3.63, 3.8) is 0 Å². The first-order valence-corrected chi connectivity index (χ1v) is 10.9. The number of sulfone groups is 1. The van der Waals surface area contributed by atoms with Crippen molar-refractivity contribution in [3.8, 4) is 0 Å². The summed E-state index contributed by atoms with van der Waals surface area (Å²) in [5.41, 5.74) is -0.306. The zero-order chi connectivity index (χ0) is 21.8. The molecule has 0 aliphatic rings. The first kappa shape index (κ1) is 22.8. The molecule has 0 saturated carbocycles. The number of nitrogens with zero attached hydrogens (tertiary/aromatic N) is 2. The molecule has 0 spiro atoms. The van der Waals surface area contributed by atoms with Crippen molar-refractivity contribution in [1.29, 1.82) is 0 Å². The van der Waals surface area contributed by atoms with Gasteiger partial charge in [0.15, 0.2) is 0 Å². The van der Waals surface area contributed by atoms with Gasteiger partial charge in [-0.05, 0) is 44.4 Å². The van der Waals surface area contributed by atoms with Gasteiger partial charge >= 0.3 is 11.3 Å². The van der Waals surface area contributed by atoms with Crippen LogP contribution in [-0.2, 0) is 20.3 Å². The van der Waals surface area contributed by atoms with Gasteiger partial charge in [-0.25, -0.2) is 17.6 Å². The average Bonchev–Trinajstić information content (AvgIpc) is 3.10. The molecule has 0 aliphatic heterocycles. The minimum Gasteiger partial charge on any atom is -0.444 e. The summed E-state index contributed by atoms with van der Waals surface area (Å²) in [5, 5.41) is 9.59. The fraction of sp³-hybridized carbons (Fsp3) is 0.526. The van der Waals surface area contributed by atoms with Crippen molar-refractivity contribution in [1.82, 2.24) is 15.5 Å². The van der Waals surface area contributed by atoms with Crippen LogP contribution in [0.5, 0.6) is 0 Å². The van der Waals surface area contributed by atoms with Gasteiger partial charge in [-0.15, -0.1) is 5.10 Å². The zero-order valence-corrected chi connectivity index (χ0v) is 17.9. The molecule has 1 aromatic carbocycles. The van der Waals surface area contributed by atoms with Crippen LogP contribution in [-0.4, -0.2) is 30.3 Å². The van der Waals surface area contributed by atoms with Crippen LogP contribution in [0.4, 0.5) is 9.18 Å². The summed E-state index contributed by atoms with van der Waals surface area (Å²) in [6.45, 7) is 8.98. The minimum absolute atomic E-state index is 0.0251. The molecule has 2 atom stereocenters. The SMILES string of the molecule is CCC(C)C(NC(=O)OC(C)(C)C)c1nnc(S(=O)(=O)Cc2ccc(F)cc2)o1. The number of carbonyl (C=O) groups is 1. The quantitative estimate of drug-likeness (QED) is 0.715. The van der Waals surface area contributed by atoms with E-state index in [1.54, 1.807) is 20.8 Å². The number of rotatable bonds is 7. The fourth-order valence-corrected chi connectivity index (χ4v) is 3.58. The topological polar surface area (TPSA) is 111 Å². The lowest BCUT2D eigenvalue weighted by Crippen LogP contribution is -2.37. The van der Waals surface area contributed by atoms with E-state index in [0.717, 1.165) is 0 Å². The first-order valence-electron chi connectivity index (χ1n) is 9.21. The highest BCUT2D eigenvalue weighted by molar-refractivity contribution is 7.90. The van der Waals surface area contributed by atoms with Crippen molar-refractivity contribution in [2.75, 3.05) is 0 Å². The second-order valence-corrected chi connectivity index (χ2v) is 9.67. The lowest BCUT2D eigenvalue weighted by atomic mass is 9.99. The normalized spacial score (nSPS) is 14.3. The van der Waals surface area contributed by atoms with Crippen molar-refractivity contribution in [2.45, 2.75) is 63.7 Å². The molecule has 1 aromatic heterocycles. The molecule has 0 fully saturated rings. The van der Waals surface area contributed by atoms with Gasteiger partial charge in [-0.2, -0.15) is 0 Å². The molecule has 0 aliphatic carbocycles. The monoisotopic (exact) mass is 427 g/mol. The Morgan fingerprint density at radius 1 is 1.24 bits per heavy atom. The fourth-order valence-electron chi connectivity index (χ4n) is 2.45. The number of amides is 1. The number of aromatic nitrogens is 2. The van der Waals surface area contributed by atoms with E-state index in [1.807, 2.05) is 13.8 Å². The number of carbonyl (C=O) groups excluding carboxylic acids is 1. The Morgan fingerprint density at radius 2 is 1.86 bits per heavy atom. The Bertz CT molecular complexity index is 935. The Labute approximate surface area is 169 Å². The van der Waals surface area contributed by atoms with Crippen LogP contribution in [0.3, 0.4) is 0 Å². The smallest absolute Gasteiger partial charge is 0.408 e. The van der Waals surface area contributed by atoms with Crippen molar-refractivity contribution in [2.24, 2.45) is 5.92 Å². The Kier molecular flexibility index (Phi) is 6.99. The van der Waals surface area contributed by atoms with E-state index >= 15 is 0 Å². The Hall–Kier alpha value is -2.49. The second kappa shape index (κ2) is 8.89. The number of ether oxygens (including phenoxy) is 1. The molecule has 0 bridgehead atoms. The average molecular weight is 427 g/mol. The zero-order valence-electron chi connectivity index (χ0n) is 17.1. The molecular weight excluding hydrogens is 401 g/mol. The van der Waals surface area contributed by atoms with Gasteiger partial charge in [0.1, 0.15) is 17.5 Å². The minimum atomic E-state index is -3.94. The summed E-state index contributed by atoms with van der Waals surface area (Å²) in [5.74, 6) is -1.02. The van der Waals surface area contributed by atoms with Crippen LogP contribution in [0.15, 0.2) is 33.9 Å². The largest absolute Gasteiger partial charge is 0.444 e. The maximum atomic E-state index is 13.0. The van der Waals surface area contributed by atoms with Crippen LogP contribution in [0.25, 0.3) is 0 Å². The molecule has 160 valence electrons. The third-order valence-corrected chi connectivity index (χ3v) is 5.52. The van der Waals surface area contributed by atoms with E-state index in [0.29, 0.717) is 12.0 Å². The van der Waals surface area contributed by atoms with Crippen molar-refractivity contribution < 1.29 is 26.8 Å². The third-order valence-electron chi connectivity index (χ3n) is 4.11. The number of hydrogen-bond donors (Lipinski definition) is 1. The summed E-state index contributed by atoms with van der Waals surface area (Å²) in [4.78, 5) is 12.2. The van der Waals surface area contributed by atoms with Gasteiger partial charge in [0.2, 0.25) is 15.7 Å². The van der Waals surface area contributed by atoms with E-state index in [4.69, 9.17) is 9.15 Å². The first-order chi connectivity index (χ1) is 13.4. The van der Waals surface area contributed by atoms with Gasteiger partial charge in [0.25, 0.3) is 0 Å². The van der Waals surface area contributed by atoms with Gasteiger partial charge in [-0.3, -0.25) is 0 Å². The highest BCUT2D eigenvalue weighted by Crippen LogP contribution is 2.26. The summed E-state index contributed by atoms with van der Waals surface area (Å²) < 4.78 is 48.8. The molecule has 2 unspecified atom stereocenters. The van der Waals surface area contributed by atoms with Crippen LogP contribution in [0.2, 0.25) is 0 Å². The second-order valence-electron chi connectivity index (χ2n) is 7.80. The van der Waals surface area contributed by atoms with Gasteiger partial charge in [0.05, 0.1) is 5.75 Å². The molecule has 0 saturated heterocycles. The summed E-state index contributed by atoms with van der Waals surface area (Å²) >= 11 is 0. The highest BCUT2D eigenvalue weighted by Gasteiger charge is 2.31. The molecule has 2 rings (SSSR count). The van der Waals surface area contributed by atoms with E-state index in [1.165, 1.54) is 24.3 Å². The van der Waals surface area contributed by atoms with Crippen molar-refractivity contribution in [3.05, 3.63) is 41.5 Å². The van der Waals surface area contributed by atoms with E-state index < -0.39 is 44.4 Å². The predicted octanol–water partition coefficient (Wildman–Crippen LogP) is 3.79. The van der Waals surface area contributed by atoms with Crippen LogP contribution in [0.1, 0.15) is 58.5 Å². The number of hydrogen-bond acceptors (Lipinski definition) is 7. The molecule has 1 heterocycles. The maximum absolute atomic E-state index is 13.0. The molecule has 0 radical (unpaired) electrons. The maximum Gasteiger partial charge on any atom is 0.408 e. The number of benzene rings is 1. The Morgan fingerprint density at radius 3 is 2.41 bits per heavy atom. The molecule has 29 heavy (non-hydrogen) atoms. The molecule has 8 nitrogen and oxygen atoms in total. The van der Waals surface area contributed by atoms with Crippen LogP contribution in [0, 0.1) is 11.7 Å². The van der Waals surface area contributed by atoms with Crippen LogP contribution < -0.4 is 5.32 Å².